The lowest BCUT2D eigenvalue weighted by Crippen LogP contribution is -2.49. The molecule has 2 amide bonds. The highest BCUT2D eigenvalue weighted by atomic mass is 32.2. The Bertz CT molecular complexity index is 1420. The standard InChI is InChI=1S/C27H28N4O5S3/c1-17-12-13-37-24(17)26-29-23(16-38-26)21(14-19-8-10-20(11-9-19)31-39(34)35)28-25(32)22(30-27(33)36-2)15-18-6-4-3-5-7-18/h3-13,16,21-22,31H,14-15H2,1-2H3,(H,28,32)(H,30,33)(H,34,35)/t21-,22-/m0/s1. The minimum Gasteiger partial charge on any atom is -0.453 e. The Balaban J connectivity index is 1.60. The van der Waals surface area contributed by atoms with E-state index >= 15 is 0 Å². The van der Waals surface area contributed by atoms with Gasteiger partial charge in [0.2, 0.25) is 5.91 Å². The molecule has 0 aliphatic carbocycles. The zero-order chi connectivity index (χ0) is 27.8. The monoisotopic (exact) mass is 584 g/mol. The first-order valence-corrected chi connectivity index (χ1v) is 14.8. The molecule has 2 aromatic carbocycles. The maximum atomic E-state index is 13.6. The van der Waals surface area contributed by atoms with Gasteiger partial charge in [0, 0.05) is 17.5 Å². The van der Waals surface area contributed by atoms with Crippen LogP contribution in [0.3, 0.4) is 0 Å². The molecule has 0 spiro atoms. The van der Waals surface area contributed by atoms with Gasteiger partial charge < -0.3 is 15.4 Å². The highest BCUT2D eigenvalue weighted by Gasteiger charge is 2.26. The number of carbonyl (C=O) groups excluding carboxylic acids is 2. The number of rotatable bonds is 11. The molecular weight excluding hydrogens is 557 g/mol. The Morgan fingerprint density at radius 3 is 2.36 bits per heavy atom. The van der Waals surface area contributed by atoms with Crippen molar-refractivity contribution in [3.8, 4) is 9.88 Å². The normalized spacial score (nSPS) is 13.2. The van der Waals surface area contributed by atoms with Crippen LogP contribution >= 0.6 is 22.7 Å². The summed E-state index contributed by atoms with van der Waals surface area (Å²) in [6.45, 7) is 2.04. The fourth-order valence-electron chi connectivity index (χ4n) is 3.95. The molecule has 0 saturated carbocycles. The fraction of sp³-hybridized carbons (Fsp3) is 0.222. The highest BCUT2D eigenvalue weighted by Crippen LogP contribution is 2.33. The van der Waals surface area contributed by atoms with Crippen LogP contribution in [-0.2, 0) is 33.6 Å². The van der Waals surface area contributed by atoms with E-state index in [1.54, 1.807) is 23.5 Å². The topological polar surface area (TPSA) is 130 Å². The molecule has 9 nitrogen and oxygen atoms in total. The van der Waals surface area contributed by atoms with Crippen molar-refractivity contribution >= 4 is 51.6 Å². The molecule has 4 aromatic rings. The molecule has 3 atom stereocenters. The minimum absolute atomic E-state index is 0.282. The maximum Gasteiger partial charge on any atom is 0.407 e. The Labute approximate surface area is 237 Å². The van der Waals surface area contributed by atoms with Crippen molar-refractivity contribution in [2.75, 3.05) is 11.8 Å². The molecule has 204 valence electrons. The van der Waals surface area contributed by atoms with E-state index in [0.717, 1.165) is 26.6 Å². The Kier molecular flexibility index (Phi) is 9.82. The van der Waals surface area contributed by atoms with Crippen molar-refractivity contribution in [2.24, 2.45) is 0 Å². The molecule has 4 rings (SSSR count). The van der Waals surface area contributed by atoms with Gasteiger partial charge in [-0.1, -0.05) is 42.5 Å². The number of anilines is 1. The lowest BCUT2D eigenvalue weighted by Gasteiger charge is -2.23. The summed E-state index contributed by atoms with van der Waals surface area (Å²) >= 11 is 0.950. The molecule has 12 heteroatoms. The van der Waals surface area contributed by atoms with Crippen molar-refractivity contribution < 1.29 is 23.1 Å². The van der Waals surface area contributed by atoms with Crippen LogP contribution in [0.4, 0.5) is 10.5 Å². The third kappa shape index (κ3) is 7.96. The lowest BCUT2D eigenvalue weighted by molar-refractivity contribution is -0.123. The van der Waals surface area contributed by atoms with Crippen LogP contribution < -0.4 is 15.4 Å². The third-order valence-corrected chi connectivity index (χ3v) is 8.37. The Morgan fingerprint density at radius 1 is 1.00 bits per heavy atom. The van der Waals surface area contributed by atoms with E-state index in [-0.39, 0.29) is 12.3 Å². The molecule has 2 aromatic heterocycles. The number of aromatic nitrogens is 1. The second-order valence-electron chi connectivity index (χ2n) is 8.70. The predicted octanol–water partition coefficient (Wildman–Crippen LogP) is 5.10. The van der Waals surface area contributed by atoms with Crippen LogP contribution in [0.2, 0.25) is 0 Å². The number of thiophene rings is 1. The quantitative estimate of drug-likeness (QED) is 0.182. The largest absolute Gasteiger partial charge is 0.453 e. The van der Waals surface area contributed by atoms with E-state index < -0.39 is 29.4 Å². The van der Waals surface area contributed by atoms with Crippen molar-refractivity contribution in [1.29, 1.82) is 0 Å². The van der Waals surface area contributed by atoms with E-state index in [2.05, 4.69) is 15.4 Å². The van der Waals surface area contributed by atoms with Gasteiger partial charge in [-0.2, -0.15) is 0 Å². The van der Waals surface area contributed by atoms with Crippen LogP contribution in [0.5, 0.6) is 0 Å². The molecule has 0 fully saturated rings. The smallest absolute Gasteiger partial charge is 0.407 e. The summed E-state index contributed by atoms with van der Waals surface area (Å²) in [7, 11) is 1.25. The summed E-state index contributed by atoms with van der Waals surface area (Å²) in [4.78, 5) is 31.6. The number of hydrogen-bond acceptors (Lipinski definition) is 7. The molecule has 2 heterocycles. The van der Waals surface area contributed by atoms with Crippen LogP contribution in [-0.4, -0.2) is 38.9 Å². The predicted molar refractivity (Wildman–Crippen MR) is 155 cm³/mol. The summed E-state index contributed by atoms with van der Waals surface area (Å²) in [5.41, 5.74) is 4.10. The van der Waals surface area contributed by atoms with Gasteiger partial charge in [-0.25, -0.2) is 14.0 Å². The van der Waals surface area contributed by atoms with Crippen LogP contribution in [0.15, 0.2) is 71.4 Å². The average Bonchev–Trinajstić information content (AvgIpc) is 3.58. The number of benzene rings is 2. The Hall–Kier alpha value is -3.58. The molecule has 0 aliphatic heterocycles. The number of aryl methyl sites for hydroxylation is 1. The summed E-state index contributed by atoms with van der Waals surface area (Å²) in [5.74, 6) is -0.370. The zero-order valence-electron chi connectivity index (χ0n) is 21.2. The van der Waals surface area contributed by atoms with Gasteiger partial charge in [-0.05, 0) is 53.6 Å². The van der Waals surface area contributed by atoms with Crippen molar-refractivity contribution in [1.82, 2.24) is 15.6 Å². The minimum atomic E-state index is -2.17. The number of thiazole rings is 1. The zero-order valence-corrected chi connectivity index (χ0v) is 23.7. The molecule has 4 N–H and O–H groups in total. The number of ether oxygens (including phenoxy) is 1. The number of methoxy groups -OCH3 is 1. The second-order valence-corrected chi connectivity index (χ2v) is 11.2. The van der Waals surface area contributed by atoms with E-state index in [4.69, 9.17) is 14.3 Å². The van der Waals surface area contributed by atoms with Gasteiger partial charge in [0.1, 0.15) is 11.0 Å². The molecule has 0 aliphatic rings. The van der Waals surface area contributed by atoms with Crippen molar-refractivity contribution in [3.63, 3.8) is 0 Å². The van der Waals surface area contributed by atoms with E-state index in [1.807, 2.05) is 66.2 Å². The van der Waals surface area contributed by atoms with E-state index in [9.17, 15) is 13.8 Å². The Morgan fingerprint density at radius 2 is 1.72 bits per heavy atom. The molecule has 1 unspecified atom stereocenters. The highest BCUT2D eigenvalue weighted by molar-refractivity contribution is 7.80. The van der Waals surface area contributed by atoms with Crippen LogP contribution in [0.25, 0.3) is 9.88 Å². The van der Waals surface area contributed by atoms with Gasteiger partial charge in [-0.3, -0.25) is 14.1 Å². The number of hydrogen-bond donors (Lipinski definition) is 4. The van der Waals surface area contributed by atoms with Crippen molar-refractivity contribution in [2.45, 2.75) is 31.8 Å². The molecular formula is C27H28N4O5S3. The number of carbonyl (C=O) groups is 2. The summed E-state index contributed by atoms with van der Waals surface area (Å²) in [6, 6.07) is 17.1. The molecule has 39 heavy (non-hydrogen) atoms. The number of nitrogens with one attached hydrogen (secondary N) is 3. The number of amides is 2. The first kappa shape index (κ1) is 28.4. The average molecular weight is 585 g/mol. The maximum absolute atomic E-state index is 13.6. The van der Waals surface area contributed by atoms with Gasteiger partial charge in [0.15, 0.2) is 0 Å². The van der Waals surface area contributed by atoms with Gasteiger partial charge in [-0.15, -0.1) is 22.7 Å². The summed E-state index contributed by atoms with van der Waals surface area (Å²) < 4.78 is 27.3. The number of alkyl carbamates (subject to hydrolysis) is 1. The summed E-state index contributed by atoms with van der Waals surface area (Å²) in [5, 5.41) is 10.6. The first-order chi connectivity index (χ1) is 18.8. The van der Waals surface area contributed by atoms with E-state index in [0.29, 0.717) is 17.8 Å². The summed E-state index contributed by atoms with van der Waals surface area (Å²) in [6.07, 6.45) is -0.00264. The second kappa shape index (κ2) is 13.5. The third-order valence-electron chi connectivity index (χ3n) is 5.93. The van der Waals surface area contributed by atoms with Gasteiger partial charge >= 0.3 is 6.09 Å². The SMILES string of the molecule is COC(=O)N[C@@H](Cc1ccccc1)C(=O)N[C@@H](Cc1ccc(NS(=O)O)cc1)c1csc(-c2sccc2C)n1. The van der Waals surface area contributed by atoms with E-state index in [1.165, 1.54) is 18.4 Å². The van der Waals surface area contributed by atoms with Crippen LogP contribution in [0, 0.1) is 6.92 Å². The molecule has 0 bridgehead atoms. The van der Waals surface area contributed by atoms with Gasteiger partial charge in [0.05, 0.1) is 23.7 Å². The number of nitrogens with zero attached hydrogens (tertiary/aromatic N) is 1. The molecule has 0 saturated heterocycles. The van der Waals surface area contributed by atoms with Crippen molar-refractivity contribution in [3.05, 3.63) is 93.8 Å². The molecule has 0 radical (unpaired) electrons. The van der Waals surface area contributed by atoms with Gasteiger partial charge in [0.25, 0.3) is 11.3 Å². The van der Waals surface area contributed by atoms with Crippen LogP contribution in [0.1, 0.15) is 28.4 Å². The lowest BCUT2D eigenvalue weighted by atomic mass is 10.0. The fourth-order valence-corrected chi connectivity index (χ4v) is 6.26. The first-order valence-electron chi connectivity index (χ1n) is 12.0.